The van der Waals surface area contributed by atoms with Gasteiger partial charge in [-0.25, -0.2) is 4.79 Å². The molecule has 0 unspecified atom stereocenters. The number of aliphatic hydroxyl groups is 1. The van der Waals surface area contributed by atoms with Crippen LogP contribution in [-0.2, 0) is 33.2 Å². The van der Waals surface area contributed by atoms with Crippen LogP contribution < -0.4 is 5.32 Å². The van der Waals surface area contributed by atoms with E-state index >= 15 is 0 Å². The Bertz CT molecular complexity index is 588. The number of nitrogens with one attached hydrogen (secondary N) is 1. The van der Waals surface area contributed by atoms with Gasteiger partial charge in [-0.15, -0.1) is 0 Å². The monoisotopic (exact) mass is 405 g/mol. The van der Waals surface area contributed by atoms with E-state index in [1.165, 1.54) is 14.2 Å². The molecule has 5 atom stereocenters. The number of rotatable bonds is 6. The zero-order chi connectivity index (χ0) is 21.3. The quantitative estimate of drug-likeness (QED) is 0.615. The minimum Gasteiger partial charge on any atom is -0.469 e. The Morgan fingerprint density at radius 3 is 2.32 bits per heavy atom. The lowest BCUT2D eigenvalue weighted by Gasteiger charge is -2.40. The second kappa shape index (κ2) is 8.11. The maximum Gasteiger partial charge on any atom is 0.408 e. The highest BCUT2D eigenvalue weighted by molar-refractivity contribution is 5.74. The molecule has 2 N–H and O–H groups in total. The van der Waals surface area contributed by atoms with Crippen LogP contribution in [0.2, 0.25) is 0 Å². The van der Waals surface area contributed by atoms with E-state index in [2.05, 4.69) is 5.32 Å². The van der Waals surface area contributed by atoms with Crippen LogP contribution in [0.5, 0.6) is 0 Å². The van der Waals surface area contributed by atoms with Crippen molar-refractivity contribution in [2.45, 2.75) is 82.6 Å². The van der Waals surface area contributed by atoms with Crippen LogP contribution in [0.3, 0.4) is 0 Å². The maximum absolute atomic E-state index is 12.4. The summed E-state index contributed by atoms with van der Waals surface area (Å²) < 4.78 is 33.1. The first-order valence-electron chi connectivity index (χ1n) is 9.09. The number of carbonyl (C=O) groups excluding carboxylic acids is 2. The van der Waals surface area contributed by atoms with Gasteiger partial charge in [0.15, 0.2) is 12.1 Å². The lowest BCUT2D eigenvalue weighted by Crippen LogP contribution is -2.64. The minimum absolute atomic E-state index is 0.368. The molecule has 1 amide bonds. The lowest BCUT2D eigenvalue weighted by molar-refractivity contribution is -0.228. The van der Waals surface area contributed by atoms with E-state index in [0.29, 0.717) is 0 Å². The number of esters is 1. The number of alkyl carbamates (subject to hydrolysis) is 1. The largest absolute Gasteiger partial charge is 0.469 e. The molecule has 0 bridgehead atoms. The summed E-state index contributed by atoms with van der Waals surface area (Å²) in [5, 5.41) is 12.8. The molecule has 0 aromatic heterocycles. The molecule has 162 valence electrons. The SMILES string of the molecule is COC(=O)C[C@](CO)(NC(=O)OC(C)(C)C)[C@H]1O[C@@H]2OC(C)(C)O[C@@H]2[C@@H]1OC. The minimum atomic E-state index is -1.57. The molecule has 2 aliphatic rings. The summed E-state index contributed by atoms with van der Waals surface area (Å²) in [5.41, 5.74) is -2.35. The standard InChI is InChI=1S/C18H31NO9/c1-16(2,3)28-15(22)19-18(9-20,8-10(21)23-6)13-11(24-7)12-14(25-13)27-17(4,5)26-12/h11-14,20H,8-9H2,1-7H3,(H,19,22)/t11-,12+,13-,14+,18+/m0/s1. The van der Waals surface area contributed by atoms with Gasteiger partial charge in [0, 0.05) is 7.11 Å². The van der Waals surface area contributed by atoms with E-state index in [0.717, 1.165) is 0 Å². The molecule has 0 saturated carbocycles. The average Bonchev–Trinajstić information content (AvgIpc) is 3.03. The van der Waals surface area contributed by atoms with Crippen LogP contribution in [-0.4, -0.2) is 79.5 Å². The van der Waals surface area contributed by atoms with Gasteiger partial charge in [-0.2, -0.15) is 0 Å². The van der Waals surface area contributed by atoms with Crippen molar-refractivity contribution >= 4 is 12.1 Å². The van der Waals surface area contributed by atoms with Crippen molar-refractivity contribution in [1.29, 1.82) is 0 Å². The molecule has 2 aliphatic heterocycles. The lowest BCUT2D eigenvalue weighted by atomic mass is 9.85. The van der Waals surface area contributed by atoms with Crippen LogP contribution in [0.15, 0.2) is 0 Å². The Labute approximate surface area is 164 Å². The van der Waals surface area contributed by atoms with Gasteiger partial charge in [0.2, 0.25) is 0 Å². The summed E-state index contributed by atoms with van der Waals surface area (Å²) in [7, 11) is 2.66. The molecule has 2 rings (SSSR count). The molecular weight excluding hydrogens is 374 g/mol. The molecule has 2 fully saturated rings. The predicted molar refractivity (Wildman–Crippen MR) is 95.3 cm³/mol. The second-order valence-corrected chi connectivity index (χ2v) is 8.42. The fourth-order valence-corrected chi connectivity index (χ4v) is 3.42. The fraction of sp³-hybridized carbons (Fsp3) is 0.889. The van der Waals surface area contributed by atoms with E-state index in [-0.39, 0.29) is 6.42 Å². The molecular formula is C18H31NO9. The summed E-state index contributed by atoms with van der Waals surface area (Å²) in [6, 6.07) is 0. The highest BCUT2D eigenvalue weighted by Gasteiger charge is 2.61. The van der Waals surface area contributed by atoms with Crippen molar-refractivity contribution in [3.63, 3.8) is 0 Å². The summed E-state index contributed by atoms with van der Waals surface area (Å²) >= 11 is 0. The zero-order valence-corrected chi connectivity index (χ0v) is 17.4. The van der Waals surface area contributed by atoms with E-state index < -0.39 is 60.2 Å². The number of fused-ring (bicyclic) bond motifs is 1. The summed E-state index contributed by atoms with van der Waals surface area (Å²) in [6.45, 7) is 7.95. The number of carbonyl (C=O) groups is 2. The number of amides is 1. The first-order chi connectivity index (χ1) is 12.9. The summed E-state index contributed by atoms with van der Waals surface area (Å²) in [4.78, 5) is 24.5. The van der Waals surface area contributed by atoms with Crippen molar-refractivity contribution in [2.24, 2.45) is 0 Å². The molecule has 2 saturated heterocycles. The molecule has 28 heavy (non-hydrogen) atoms. The summed E-state index contributed by atoms with van der Waals surface area (Å²) in [5.74, 6) is -1.53. The third-order valence-electron chi connectivity index (χ3n) is 4.53. The third kappa shape index (κ3) is 4.93. The molecule has 10 heteroatoms. The van der Waals surface area contributed by atoms with E-state index in [1.54, 1.807) is 34.6 Å². The molecule has 0 aromatic rings. The van der Waals surface area contributed by atoms with E-state index in [4.69, 9.17) is 28.4 Å². The van der Waals surface area contributed by atoms with Gasteiger partial charge in [-0.1, -0.05) is 0 Å². The predicted octanol–water partition coefficient (Wildman–Crippen LogP) is 0.697. The van der Waals surface area contributed by atoms with Gasteiger partial charge in [0.1, 0.15) is 29.5 Å². The number of aliphatic hydroxyl groups excluding tert-OH is 1. The van der Waals surface area contributed by atoms with Gasteiger partial charge >= 0.3 is 12.1 Å². The highest BCUT2D eigenvalue weighted by atomic mass is 16.8. The second-order valence-electron chi connectivity index (χ2n) is 8.42. The smallest absolute Gasteiger partial charge is 0.408 e. The van der Waals surface area contributed by atoms with Crippen LogP contribution in [0.4, 0.5) is 4.79 Å². The van der Waals surface area contributed by atoms with Gasteiger partial charge in [0.25, 0.3) is 0 Å². The summed E-state index contributed by atoms with van der Waals surface area (Å²) in [6.07, 6.45) is -4.25. The molecule has 0 aliphatic carbocycles. The Morgan fingerprint density at radius 2 is 1.82 bits per heavy atom. The maximum atomic E-state index is 12.4. The molecule has 2 heterocycles. The van der Waals surface area contributed by atoms with Crippen molar-refractivity contribution in [2.75, 3.05) is 20.8 Å². The number of ether oxygens (including phenoxy) is 6. The Morgan fingerprint density at radius 1 is 1.18 bits per heavy atom. The van der Waals surface area contributed by atoms with E-state index in [1.807, 2.05) is 0 Å². The number of hydrogen-bond donors (Lipinski definition) is 2. The van der Waals surface area contributed by atoms with Crippen molar-refractivity contribution in [1.82, 2.24) is 5.32 Å². The van der Waals surface area contributed by atoms with Crippen LogP contribution in [0.1, 0.15) is 41.0 Å². The van der Waals surface area contributed by atoms with Crippen LogP contribution in [0.25, 0.3) is 0 Å². The van der Waals surface area contributed by atoms with Crippen molar-refractivity contribution < 1.29 is 43.1 Å². The fourth-order valence-electron chi connectivity index (χ4n) is 3.42. The van der Waals surface area contributed by atoms with Gasteiger partial charge in [0.05, 0.1) is 20.1 Å². The first-order valence-corrected chi connectivity index (χ1v) is 9.09. The Hall–Kier alpha value is -1.46. The van der Waals surface area contributed by atoms with Crippen molar-refractivity contribution in [3.8, 4) is 0 Å². The van der Waals surface area contributed by atoms with Crippen LogP contribution in [0, 0.1) is 0 Å². The molecule has 10 nitrogen and oxygen atoms in total. The highest BCUT2D eigenvalue weighted by Crippen LogP contribution is 2.42. The Balaban J connectivity index is 2.32. The first kappa shape index (κ1) is 22.8. The van der Waals surface area contributed by atoms with Gasteiger partial charge < -0.3 is 38.8 Å². The zero-order valence-electron chi connectivity index (χ0n) is 17.4. The molecule has 0 radical (unpaired) electrons. The Kier molecular flexibility index (Phi) is 6.61. The molecule has 0 aromatic carbocycles. The van der Waals surface area contributed by atoms with Crippen molar-refractivity contribution in [3.05, 3.63) is 0 Å². The topological polar surface area (TPSA) is 122 Å². The average molecular weight is 405 g/mol. The van der Waals surface area contributed by atoms with Gasteiger partial charge in [-0.05, 0) is 34.6 Å². The van der Waals surface area contributed by atoms with E-state index in [9.17, 15) is 14.7 Å². The van der Waals surface area contributed by atoms with Crippen LogP contribution >= 0.6 is 0 Å². The number of methoxy groups -OCH3 is 2. The number of hydrogen-bond acceptors (Lipinski definition) is 9. The van der Waals surface area contributed by atoms with Gasteiger partial charge in [-0.3, -0.25) is 4.79 Å². The third-order valence-corrected chi connectivity index (χ3v) is 4.53. The normalized spacial score (nSPS) is 31.0. The molecule has 0 spiro atoms.